The Morgan fingerprint density at radius 3 is 2.34 bits per heavy atom. The first-order chi connectivity index (χ1) is 18.6. The van der Waals surface area contributed by atoms with E-state index in [1.807, 2.05) is 42.5 Å². The molecule has 0 saturated heterocycles. The van der Waals surface area contributed by atoms with Gasteiger partial charge in [-0.25, -0.2) is 0 Å². The topological polar surface area (TPSA) is 107 Å². The van der Waals surface area contributed by atoms with Crippen molar-refractivity contribution in [3.63, 3.8) is 0 Å². The summed E-state index contributed by atoms with van der Waals surface area (Å²) in [6.45, 7) is -0.452. The van der Waals surface area contributed by atoms with Gasteiger partial charge in [-0.1, -0.05) is 41.6 Å². The van der Waals surface area contributed by atoms with E-state index in [9.17, 15) is 9.59 Å². The fourth-order valence-electron chi connectivity index (χ4n) is 3.61. The number of benzene rings is 4. The molecule has 0 spiro atoms. The molecule has 0 bridgehead atoms. The third-order valence-corrected chi connectivity index (χ3v) is 5.46. The molecule has 2 amide bonds. The quantitative estimate of drug-likeness (QED) is 0.219. The zero-order valence-corrected chi connectivity index (χ0v) is 21.0. The highest BCUT2D eigenvalue weighted by Crippen LogP contribution is 2.28. The van der Waals surface area contributed by atoms with Crippen LogP contribution in [0.15, 0.2) is 90.1 Å². The maximum atomic E-state index is 12.3. The fraction of sp³-hybridized carbons (Fsp3) is 0.138. The molecule has 0 atom stereocenters. The van der Waals surface area contributed by atoms with E-state index in [1.165, 1.54) is 13.3 Å². The minimum absolute atomic E-state index is 0.204. The first-order valence-electron chi connectivity index (χ1n) is 11.7. The van der Waals surface area contributed by atoms with E-state index < -0.39 is 0 Å². The molecule has 0 unspecified atom stereocenters. The molecule has 2 N–H and O–H groups in total. The molecule has 4 aromatic rings. The van der Waals surface area contributed by atoms with Crippen molar-refractivity contribution in [3.8, 4) is 17.2 Å². The first-order valence-corrected chi connectivity index (χ1v) is 11.7. The number of carbonyl (C=O) groups is 2. The lowest BCUT2D eigenvalue weighted by Gasteiger charge is -2.11. The third kappa shape index (κ3) is 7.01. The van der Waals surface area contributed by atoms with Crippen LogP contribution in [0, 0.1) is 0 Å². The van der Waals surface area contributed by atoms with Gasteiger partial charge in [0.1, 0.15) is 5.75 Å². The summed E-state index contributed by atoms with van der Waals surface area (Å²) >= 11 is 0. The van der Waals surface area contributed by atoms with Crippen LogP contribution in [0.5, 0.6) is 17.2 Å². The summed E-state index contributed by atoms with van der Waals surface area (Å²) in [5, 5.41) is 11.4. The predicted octanol–water partition coefficient (Wildman–Crippen LogP) is 4.86. The van der Waals surface area contributed by atoms with Crippen molar-refractivity contribution in [1.29, 1.82) is 0 Å². The summed E-state index contributed by atoms with van der Waals surface area (Å²) in [4.78, 5) is 29.7. The number of ether oxygens (including phenoxy) is 3. The smallest absolute Gasteiger partial charge is 0.265 e. The average molecular weight is 514 g/mol. The highest BCUT2D eigenvalue weighted by molar-refractivity contribution is 6.02. The van der Waals surface area contributed by atoms with Crippen molar-refractivity contribution in [1.82, 2.24) is 0 Å². The van der Waals surface area contributed by atoms with E-state index in [0.29, 0.717) is 34.2 Å². The van der Waals surface area contributed by atoms with Crippen LogP contribution in [0.2, 0.25) is 0 Å². The summed E-state index contributed by atoms with van der Waals surface area (Å²) < 4.78 is 16.1. The lowest BCUT2D eigenvalue weighted by molar-refractivity contribution is -0.120. The molecule has 0 saturated carbocycles. The number of hydrogen-bond acceptors (Lipinski definition) is 7. The van der Waals surface area contributed by atoms with Crippen molar-refractivity contribution in [3.05, 3.63) is 90.5 Å². The number of rotatable bonds is 11. The molecule has 0 aliphatic carbocycles. The molecule has 0 aromatic heterocycles. The maximum absolute atomic E-state index is 12.3. The summed E-state index contributed by atoms with van der Waals surface area (Å²) in [5.74, 6) is 0.859. The zero-order valence-electron chi connectivity index (χ0n) is 21.0. The molecular weight excluding hydrogens is 486 g/mol. The highest BCUT2D eigenvalue weighted by Gasteiger charge is 2.10. The van der Waals surface area contributed by atoms with Crippen LogP contribution in [-0.4, -0.2) is 45.5 Å². The zero-order chi connectivity index (χ0) is 26.7. The van der Waals surface area contributed by atoms with Gasteiger partial charge in [0, 0.05) is 22.3 Å². The Hall–Kier alpha value is -5.05. The van der Waals surface area contributed by atoms with Crippen molar-refractivity contribution >= 4 is 40.2 Å². The molecule has 0 aliphatic heterocycles. The number of hydrogen-bond donors (Lipinski definition) is 2. The van der Waals surface area contributed by atoms with Crippen LogP contribution < -0.4 is 24.8 Å². The summed E-state index contributed by atoms with van der Waals surface area (Å²) in [5.41, 5.74) is 1.99. The number of anilines is 2. The van der Waals surface area contributed by atoms with Crippen LogP contribution in [0.25, 0.3) is 10.8 Å². The van der Waals surface area contributed by atoms with Gasteiger partial charge in [0.05, 0.1) is 20.4 Å². The molecule has 0 radical (unpaired) electrons. The number of nitrogens with one attached hydrogen (secondary N) is 2. The van der Waals surface area contributed by atoms with Crippen LogP contribution in [0.4, 0.5) is 11.4 Å². The van der Waals surface area contributed by atoms with E-state index in [-0.39, 0.29) is 25.0 Å². The van der Waals surface area contributed by atoms with Gasteiger partial charge in [-0.3, -0.25) is 9.59 Å². The van der Waals surface area contributed by atoms with Gasteiger partial charge in [0.25, 0.3) is 11.8 Å². The van der Waals surface area contributed by atoms with Crippen LogP contribution in [0.3, 0.4) is 0 Å². The van der Waals surface area contributed by atoms with Crippen molar-refractivity contribution in [2.75, 3.05) is 38.1 Å². The van der Waals surface area contributed by atoms with Crippen LogP contribution in [-0.2, 0) is 14.4 Å². The van der Waals surface area contributed by atoms with Gasteiger partial charge >= 0.3 is 0 Å². The second-order valence-electron chi connectivity index (χ2n) is 8.06. The van der Waals surface area contributed by atoms with Gasteiger partial charge in [-0.2, -0.15) is 0 Å². The van der Waals surface area contributed by atoms with E-state index in [0.717, 1.165) is 10.8 Å². The van der Waals surface area contributed by atoms with Crippen LogP contribution in [0.1, 0.15) is 5.56 Å². The number of methoxy groups -OCH3 is 2. The van der Waals surface area contributed by atoms with E-state index in [2.05, 4.69) is 15.8 Å². The Kier molecular flexibility index (Phi) is 8.75. The maximum Gasteiger partial charge on any atom is 0.265 e. The minimum Gasteiger partial charge on any atom is -0.497 e. The molecule has 0 fully saturated rings. The standard InChI is InChI=1S/C29H27N3O6/c1-35-23-13-11-22(12-14-23)31-28(33)18-37-26-15-10-20(16-27(26)36-2)17-30-38-19-29(34)32-25-9-5-7-21-6-3-4-8-24(21)25/h3-17H,18-19H2,1-2H3,(H,31,33)(H,32,34)/b30-17+. The molecule has 194 valence electrons. The Bertz CT molecular complexity index is 1430. The molecule has 4 aromatic carbocycles. The fourth-order valence-corrected chi connectivity index (χ4v) is 3.61. The molecular formula is C29H27N3O6. The van der Waals surface area contributed by atoms with Gasteiger partial charge in [-0.15, -0.1) is 0 Å². The minimum atomic E-state index is -0.326. The van der Waals surface area contributed by atoms with Crippen LogP contribution >= 0.6 is 0 Å². The van der Waals surface area contributed by atoms with E-state index >= 15 is 0 Å². The largest absolute Gasteiger partial charge is 0.497 e. The summed E-state index contributed by atoms with van der Waals surface area (Å²) in [6.07, 6.45) is 1.45. The Morgan fingerprint density at radius 2 is 1.55 bits per heavy atom. The second kappa shape index (κ2) is 12.8. The lowest BCUT2D eigenvalue weighted by atomic mass is 10.1. The van der Waals surface area contributed by atoms with Gasteiger partial charge in [-0.05, 0) is 53.9 Å². The SMILES string of the molecule is COc1ccc(NC(=O)COc2ccc(/C=N/OCC(=O)Nc3cccc4ccccc34)cc2OC)cc1. The van der Waals surface area contributed by atoms with Crippen molar-refractivity contribution in [2.24, 2.45) is 5.16 Å². The monoisotopic (exact) mass is 513 g/mol. The van der Waals surface area contributed by atoms with Crippen molar-refractivity contribution in [2.45, 2.75) is 0 Å². The Morgan fingerprint density at radius 1 is 0.789 bits per heavy atom. The molecule has 0 aliphatic rings. The molecule has 9 nitrogen and oxygen atoms in total. The summed E-state index contributed by atoms with van der Waals surface area (Å²) in [7, 11) is 3.07. The highest BCUT2D eigenvalue weighted by atomic mass is 16.6. The second-order valence-corrected chi connectivity index (χ2v) is 8.06. The first kappa shape index (κ1) is 26.0. The molecule has 4 rings (SSSR count). The summed E-state index contributed by atoms with van der Waals surface area (Å²) in [6, 6.07) is 25.5. The Balaban J connectivity index is 1.26. The number of nitrogens with zero attached hydrogens (tertiary/aromatic N) is 1. The number of fused-ring (bicyclic) bond motifs is 1. The number of oxime groups is 1. The van der Waals surface area contributed by atoms with E-state index in [4.69, 9.17) is 19.0 Å². The number of carbonyl (C=O) groups excluding carboxylic acids is 2. The van der Waals surface area contributed by atoms with Gasteiger partial charge in [0.2, 0.25) is 0 Å². The normalized spacial score (nSPS) is 10.7. The predicted molar refractivity (Wildman–Crippen MR) is 146 cm³/mol. The lowest BCUT2D eigenvalue weighted by Crippen LogP contribution is -2.20. The Labute approximate surface area is 220 Å². The van der Waals surface area contributed by atoms with E-state index in [1.54, 1.807) is 49.6 Å². The molecule has 38 heavy (non-hydrogen) atoms. The van der Waals surface area contributed by atoms with Gasteiger partial charge < -0.3 is 29.7 Å². The average Bonchev–Trinajstić information content (AvgIpc) is 2.95. The van der Waals surface area contributed by atoms with Gasteiger partial charge in [0.15, 0.2) is 24.7 Å². The molecule has 0 heterocycles. The number of amides is 2. The van der Waals surface area contributed by atoms with Crippen molar-refractivity contribution < 1.29 is 28.6 Å². The third-order valence-electron chi connectivity index (χ3n) is 5.46. The molecule has 9 heteroatoms.